The number of amides is 1. The Morgan fingerprint density at radius 2 is 1.93 bits per heavy atom. The summed E-state index contributed by atoms with van der Waals surface area (Å²) in [5.41, 5.74) is 7.55. The maximum absolute atomic E-state index is 12.2. The first-order valence-electron chi connectivity index (χ1n) is 13.4. The molecule has 2 aliphatic heterocycles. The number of pyridine rings is 1. The van der Waals surface area contributed by atoms with E-state index in [4.69, 9.17) is 15.2 Å². The van der Waals surface area contributed by atoms with Gasteiger partial charge in [-0.25, -0.2) is 0 Å². The molecule has 3 heterocycles. The van der Waals surface area contributed by atoms with E-state index in [2.05, 4.69) is 60.7 Å². The van der Waals surface area contributed by atoms with Crippen molar-refractivity contribution in [3.63, 3.8) is 0 Å². The Morgan fingerprint density at radius 1 is 1.20 bits per heavy atom. The van der Waals surface area contributed by atoms with Gasteiger partial charge in [0.15, 0.2) is 6.29 Å². The van der Waals surface area contributed by atoms with Crippen molar-refractivity contribution in [2.75, 3.05) is 51.8 Å². The quantitative estimate of drug-likeness (QED) is 0.250. The highest BCUT2D eigenvalue weighted by atomic mass is 16.5. The van der Waals surface area contributed by atoms with E-state index in [0.29, 0.717) is 34.9 Å². The fraction of sp³-hybridized carbons (Fsp3) is 0.344. The normalized spacial score (nSPS) is 17.6. The van der Waals surface area contributed by atoms with E-state index in [1.54, 1.807) is 42.3 Å². The maximum Gasteiger partial charge on any atom is 0.247 e. The molecule has 1 saturated heterocycles. The number of rotatable bonds is 6. The third-order valence-electron chi connectivity index (χ3n) is 6.73. The highest BCUT2D eigenvalue weighted by Crippen LogP contribution is 2.31. The molecule has 41 heavy (non-hydrogen) atoms. The van der Waals surface area contributed by atoms with Gasteiger partial charge in [0.1, 0.15) is 35.6 Å². The first kappa shape index (κ1) is 31.3. The maximum atomic E-state index is 12.2. The number of ether oxygens (including phenoxy) is 2. The van der Waals surface area contributed by atoms with Gasteiger partial charge in [0.05, 0.1) is 11.2 Å². The molecule has 4 rings (SSSR count). The van der Waals surface area contributed by atoms with Crippen LogP contribution < -0.4 is 20.1 Å². The van der Waals surface area contributed by atoms with Crippen molar-refractivity contribution in [1.82, 2.24) is 14.8 Å². The number of fused-ring (bicyclic) bond motifs is 1. The summed E-state index contributed by atoms with van der Waals surface area (Å²) in [6.07, 6.45) is 7.18. The Kier molecular flexibility index (Phi) is 11.0. The van der Waals surface area contributed by atoms with Crippen molar-refractivity contribution in [3.05, 3.63) is 84.9 Å². The van der Waals surface area contributed by atoms with E-state index in [9.17, 15) is 9.59 Å². The summed E-state index contributed by atoms with van der Waals surface area (Å²) < 4.78 is 11.0. The van der Waals surface area contributed by atoms with E-state index in [0.717, 1.165) is 31.7 Å². The number of likely N-dealkylation sites (N-methyl/N-ethyl adjacent to an activating group) is 2. The van der Waals surface area contributed by atoms with Crippen LogP contribution in [-0.2, 0) is 4.79 Å². The minimum atomic E-state index is -0.641. The number of piperazine rings is 1. The topological polar surface area (TPSA) is 101 Å². The molecule has 1 aromatic heterocycles. The molecule has 216 valence electrons. The van der Waals surface area contributed by atoms with Gasteiger partial charge in [-0.15, -0.1) is 0 Å². The van der Waals surface area contributed by atoms with Crippen LogP contribution in [0, 0.1) is 11.8 Å². The first-order chi connectivity index (χ1) is 19.5. The molecule has 2 aliphatic rings. The summed E-state index contributed by atoms with van der Waals surface area (Å²) >= 11 is 0. The number of aromatic nitrogens is 1. The van der Waals surface area contributed by atoms with E-state index < -0.39 is 6.04 Å². The Bertz CT molecular complexity index is 1350. The number of benzene rings is 1. The Hall–Kier alpha value is -4.23. The molecule has 2 N–H and O–H groups in total. The molecular weight excluding hydrogens is 518 g/mol. The summed E-state index contributed by atoms with van der Waals surface area (Å²) in [7, 11) is 3.87. The van der Waals surface area contributed by atoms with Gasteiger partial charge in [-0.2, -0.15) is 0 Å². The average Bonchev–Trinajstić information content (AvgIpc) is 3.07. The molecule has 9 heteroatoms. The lowest BCUT2D eigenvalue weighted by Crippen LogP contribution is -2.53. The average molecular weight is 558 g/mol. The fourth-order valence-corrected chi connectivity index (χ4v) is 4.18. The van der Waals surface area contributed by atoms with Crippen LogP contribution in [0.3, 0.4) is 0 Å². The highest BCUT2D eigenvalue weighted by molar-refractivity contribution is 5.98. The van der Waals surface area contributed by atoms with Crippen molar-refractivity contribution in [3.8, 4) is 23.3 Å². The van der Waals surface area contributed by atoms with Gasteiger partial charge in [0, 0.05) is 51.1 Å². The molecule has 0 bridgehead atoms. The van der Waals surface area contributed by atoms with Crippen molar-refractivity contribution in [2.24, 2.45) is 5.73 Å². The van der Waals surface area contributed by atoms with E-state index in [-0.39, 0.29) is 18.1 Å². The summed E-state index contributed by atoms with van der Waals surface area (Å²) in [4.78, 5) is 32.8. The van der Waals surface area contributed by atoms with Crippen LogP contribution in [0.5, 0.6) is 11.5 Å². The van der Waals surface area contributed by atoms with Crippen LogP contribution >= 0.6 is 0 Å². The second kappa shape index (κ2) is 14.4. The number of nitrogens with zero attached hydrogens (tertiary/aromatic N) is 4. The van der Waals surface area contributed by atoms with Gasteiger partial charge < -0.3 is 25.0 Å². The van der Waals surface area contributed by atoms with E-state index in [1.807, 2.05) is 18.2 Å². The molecule has 1 atom stereocenters. The fourth-order valence-electron chi connectivity index (χ4n) is 4.18. The summed E-state index contributed by atoms with van der Waals surface area (Å²) in [6, 6.07) is 8.25. The van der Waals surface area contributed by atoms with Crippen LogP contribution in [0.25, 0.3) is 0 Å². The second-order valence-electron chi connectivity index (χ2n) is 10.3. The smallest absolute Gasteiger partial charge is 0.247 e. The van der Waals surface area contributed by atoms with Gasteiger partial charge in [0.25, 0.3) is 0 Å². The third kappa shape index (κ3) is 8.88. The predicted molar refractivity (Wildman–Crippen MR) is 162 cm³/mol. The lowest BCUT2D eigenvalue weighted by molar-refractivity contribution is -0.119. The lowest BCUT2D eigenvalue weighted by atomic mass is 10.0. The van der Waals surface area contributed by atoms with Crippen LogP contribution in [0.15, 0.2) is 73.7 Å². The minimum Gasteiger partial charge on any atom is -0.489 e. The molecular formula is C32H39N5O4. The molecule has 9 nitrogen and oxygen atoms in total. The molecule has 1 amide bonds. The van der Waals surface area contributed by atoms with Crippen LogP contribution in [0.4, 0.5) is 5.69 Å². The number of allylic oxidation sites excluding steroid dienone is 3. The van der Waals surface area contributed by atoms with E-state index >= 15 is 0 Å². The SMILES string of the molecule is C=C/C=C\C(=C)Oc1ccnc(C=O)c1.CN1CCN(C(C)(C)C#Cc2ccc3c(c2)N(C)C(=O)C(N)CO3)CC1. The number of carbonyl (C=O) groups excluding carboxylic acids is 2. The summed E-state index contributed by atoms with van der Waals surface area (Å²) in [5.74, 6) is 8.21. The van der Waals surface area contributed by atoms with Gasteiger partial charge in [-0.1, -0.05) is 37.2 Å². The van der Waals surface area contributed by atoms with Gasteiger partial charge in [-0.05, 0) is 51.2 Å². The van der Waals surface area contributed by atoms with Gasteiger partial charge in [0.2, 0.25) is 5.91 Å². The molecule has 0 aliphatic carbocycles. The monoisotopic (exact) mass is 557 g/mol. The van der Waals surface area contributed by atoms with Crippen LogP contribution in [0.1, 0.15) is 29.9 Å². The van der Waals surface area contributed by atoms with Crippen molar-refractivity contribution < 1.29 is 19.1 Å². The van der Waals surface area contributed by atoms with Gasteiger partial charge in [-0.3, -0.25) is 19.5 Å². The second-order valence-corrected chi connectivity index (χ2v) is 10.3. The zero-order chi connectivity index (χ0) is 30.0. The Balaban J connectivity index is 0.000000263. The van der Waals surface area contributed by atoms with Crippen molar-refractivity contribution in [1.29, 1.82) is 0 Å². The Labute approximate surface area is 242 Å². The van der Waals surface area contributed by atoms with Gasteiger partial charge >= 0.3 is 0 Å². The zero-order valence-corrected chi connectivity index (χ0v) is 24.3. The molecule has 0 radical (unpaired) electrons. The predicted octanol–water partition coefficient (Wildman–Crippen LogP) is 3.28. The summed E-state index contributed by atoms with van der Waals surface area (Å²) in [6.45, 7) is 15.9. The zero-order valence-electron chi connectivity index (χ0n) is 24.3. The molecule has 1 fully saturated rings. The largest absolute Gasteiger partial charge is 0.489 e. The van der Waals surface area contributed by atoms with Crippen LogP contribution in [0.2, 0.25) is 0 Å². The van der Waals surface area contributed by atoms with Crippen molar-refractivity contribution >= 4 is 17.9 Å². The number of hydrogen-bond donors (Lipinski definition) is 1. The summed E-state index contributed by atoms with van der Waals surface area (Å²) in [5, 5.41) is 0. The molecule has 1 unspecified atom stereocenters. The van der Waals surface area contributed by atoms with Crippen molar-refractivity contribution in [2.45, 2.75) is 25.4 Å². The Morgan fingerprint density at radius 3 is 2.61 bits per heavy atom. The minimum absolute atomic E-state index is 0.147. The molecule has 2 aromatic rings. The number of hydrogen-bond acceptors (Lipinski definition) is 8. The number of aldehydes is 1. The highest BCUT2D eigenvalue weighted by Gasteiger charge is 2.28. The number of nitrogens with two attached hydrogens (primary N) is 1. The van der Waals surface area contributed by atoms with E-state index in [1.165, 1.54) is 6.20 Å². The number of anilines is 1. The third-order valence-corrected chi connectivity index (χ3v) is 6.73. The molecule has 1 aromatic carbocycles. The lowest BCUT2D eigenvalue weighted by Gasteiger charge is -2.40. The number of carbonyl (C=O) groups is 2. The standard InChI is InChI=1S/C20H28N4O2.C12H11NO2/c1-20(2,24-11-9-22(3)10-12-24)8-7-15-5-6-18-17(13-15)23(4)19(25)16(21)14-26-18;1-3-4-5-10(2)15-12-6-7-13-11(8-12)9-14/h5-6,13,16H,9-12,14,21H2,1-4H3;3-9H,1-2H2/b;5-4-. The van der Waals surface area contributed by atoms with Crippen LogP contribution in [-0.4, -0.2) is 85.4 Å². The molecule has 0 spiro atoms. The first-order valence-corrected chi connectivity index (χ1v) is 13.4. The molecule has 0 saturated carbocycles.